The van der Waals surface area contributed by atoms with Gasteiger partial charge in [-0.2, -0.15) is 0 Å². The molecule has 3 aromatic heterocycles. The van der Waals surface area contributed by atoms with Crippen LogP contribution in [0.3, 0.4) is 0 Å². The van der Waals surface area contributed by atoms with Crippen LogP contribution in [0, 0.1) is 18.7 Å². The molecule has 0 radical (unpaired) electrons. The Balaban J connectivity index is 1.65. The molecule has 3 heterocycles. The monoisotopic (exact) mass is 420 g/mol. The number of aliphatic hydroxyl groups is 1. The fraction of sp³-hybridized carbons (Fsp3) is 0.304. The first-order chi connectivity index (χ1) is 14.7. The molecule has 31 heavy (non-hydrogen) atoms. The molecule has 7 nitrogen and oxygen atoms in total. The number of anilines is 1. The molecule has 1 aliphatic rings. The maximum Gasteiger partial charge on any atom is 0.229 e. The van der Waals surface area contributed by atoms with Gasteiger partial charge >= 0.3 is 0 Å². The molecule has 5 rings (SSSR count). The second-order valence-corrected chi connectivity index (χ2v) is 8.52. The maximum absolute atomic E-state index is 14.7. The number of pyridine rings is 2. The minimum absolute atomic E-state index is 0.00745. The molecule has 1 saturated carbocycles. The van der Waals surface area contributed by atoms with Crippen LogP contribution in [0.5, 0.6) is 0 Å². The topological polar surface area (TPSA) is 101 Å². The SMILES string of the molecule is Cc1ncc(-c2nc3cc(C(C)(C)O)cc(F)c3o2)c2cc(NC(=O)C3CC3)ncc12. The van der Waals surface area contributed by atoms with E-state index >= 15 is 0 Å². The molecule has 2 N–H and O–H groups in total. The summed E-state index contributed by atoms with van der Waals surface area (Å²) in [7, 11) is 0. The first-order valence-electron chi connectivity index (χ1n) is 10.1. The van der Waals surface area contributed by atoms with E-state index in [2.05, 4.69) is 20.3 Å². The average Bonchev–Trinajstić information content (AvgIpc) is 3.47. The van der Waals surface area contributed by atoms with E-state index in [4.69, 9.17) is 4.42 Å². The van der Waals surface area contributed by atoms with Gasteiger partial charge < -0.3 is 14.8 Å². The van der Waals surface area contributed by atoms with E-state index < -0.39 is 11.4 Å². The first kappa shape index (κ1) is 19.6. The molecule has 1 aromatic carbocycles. The Morgan fingerprint density at radius 1 is 1.19 bits per heavy atom. The van der Waals surface area contributed by atoms with Crippen molar-refractivity contribution in [2.75, 3.05) is 5.32 Å². The maximum atomic E-state index is 14.7. The van der Waals surface area contributed by atoms with Crippen molar-refractivity contribution in [2.24, 2.45) is 5.92 Å². The number of nitrogens with one attached hydrogen (secondary N) is 1. The zero-order valence-corrected chi connectivity index (χ0v) is 17.4. The number of amides is 1. The van der Waals surface area contributed by atoms with Crippen LogP contribution in [-0.2, 0) is 10.4 Å². The fourth-order valence-corrected chi connectivity index (χ4v) is 3.54. The minimum atomic E-state index is -1.22. The van der Waals surface area contributed by atoms with E-state index in [1.54, 1.807) is 38.4 Å². The number of aryl methyl sites for hydroxylation is 1. The predicted molar refractivity (Wildman–Crippen MR) is 114 cm³/mol. The summed E-state index contributed by atoms with van der Waals surface area (Å²) in [5.74, 6) is 0.0491. The standard InChI is InChI=1S/C23H21FN4O3/c1-11-15-9-26-19(28-21(29)12-4-5-12)8-14(15)16(10-25-11)22-27-18-7-13(23(2,3)30)6-17(24)20(18)31-22/h6-10,12,30H,4-5H2,1-3H3,(H,26,28,29). The number of aromatic nitrogens is 3. The predicted octanol–water partition coefficient (Wildman–Crippen LogP) is 4.46. The van der Waals surface area contributed by atoms with Crippen molar-refractivity contribution in [1.29, 1.82) is 0 Å². The summed E-state index contributed by atoms with van der Waals surface area (Å²) in [6.45, 7) is 5.02. The number of hydrogen-bond donors (Lipinski definition) is 2. The number of carbonyl (C=O) groups is 1. The first-order valence-corrected chi connectivity index (χ1v) is 10.1. The van der Waals surface area contributed by atoms with Crippen LogP contribution in [0.25, 0.3) is 33.3 Å². The number of halogens is 1. The van der Waals surface area contributed by atoms with Crippen molar-refractivity contribution < 1.29 is 18.7 Å². The van der Waals surface area contributed by atoms with Crippen LogP contribution in [0.4, 0.5) is 10.2 Å². The second kappa shape index (κ2) is 6.81. The van der Waals surface area contributed by atoms with Crippen molar-refractivity contribution in [3.8, 4) is 11.5 Å². The summed E-state index contributed by atoms with van der Waals surface area (Å²) >= 11 is 0. The zero-order chi connectivity index (χ0) is 21.9. The van der Waals surface area contributed by atoms with E-state index in [9.17, 15) is 14.3 Å². The van der Waals surface area contributed by atoms with Crippen molar-refractivity contribution in [2.45, 2.75) is 39.2 Å². The summed E-state index contributed by atoms with van der Waals surface area (Å²) in [6, 6.07) is 4.61. The molecule has 0 aliphatic heterocycles. The van der Waals surface area contributed by atoms with Gasteiger partial charge in [0.05, 0.1) is 11.2 Å². The number of oxazole rings is 1. The number of fused-ring (bicyclic) bond motifs is 2. The van der Waals surface area contributed by atoms with Crippen molar-refractivity contribution in [1.82, 2.24) is 15.0 Å². The van der Waals surface area contributed by atoms with Gasteiger partial charge in [0.15, 0.2) is 11.4 Å². The highest BCUT2D eigenvalue weighted by Gasteiger charge is 2.30. The van der Waals surface area contributed by atoms with Gasteiger partial charge in [-0.1, -0.05) is 0 Å². The smallest absolute Gasteiger partial charge is 0.229 e. The summed E-state index contributed by atoms with van der Waals surface area (Å²) in [4.78, 5) is 25.3. The Bertz CT molecular complexity index is 1350. The van der Waals surface area contributed by atoms with Crippen molar-refractivity contribution in [3.05, 3.63) is 47.7 Å². The lowest BCUT2D eigenvalue weighted by Crippen LogP contribution is -2.15. The van der Waals surface area contributed by atoms with E-state index in [1.165, 1.54) is 6.07 Å². The number of nitrogens with zero attached hydrogens (tertiary/aromatic N) is 3. The molecular formula is C23H21FN4O3. The van der Waals surface area contributed by atoms with E-state index in [-0.39, 0.29) is 23.3 Å². The second-order valence-electron chi connectivity index (χ2n) is 8.52. The summed E-state index contributed by atoms with van der Waals surface area (Å²) < 4.78 is 20.4. The van der Waals surface area contributed by atoms with Crippen molar-refractivity contribution >= 4 is 33.6 Å². The highest BCUT2D eigenvalue weighted by molar-refractivity contribution is 6.00. The van der Waals surface area contributed by atoms with Gasteiger partial charge in [-0.25, -0.2) is 14.4 Å². The largest absolute Gasteiger partial charge is 0.433 e. The Morgan fingerprint density at radius 3 is 2.68 bits per heavy atom. The molecule has 1 aliphatic carbocycles. The zero-order valence-electron chi connectivity index (χ0n) is 17.4. The Hall–Kier alpha value is -3.39. The molecule has 4 aromatic rings. The molecule has 158 valence electrons. The Kier molecular flexibility index (Phi) is 4.30. The van der Waals surface area contributed by atoms with E-state index in [0.29, 0.717) is 22.5 Å². The molecule has 1 fully saturated rings. The Morgan fingerprint density at radius 2 is 1.97 bits per heavy atom. The third kappa shape index (κ3) is 3.53. The normalized spacial score (nSPS) is 14.4. The number of benzene rings is 1. The average molecular weight is 420 g/mol. The molecule has 0 spiro atoms. The summed E-state index contributed by atoms with van der Waals surface area (Å²) in [5.41, 5.74) is 0.819. The van der Waals surface area contributed by atoms with Gasteiger partial charge in [0, 0.05) is 34.8 Å². The fourth-order valence-electron chi connectivity index (χ4n) is 3.54. The van der Waals surface area contributed by atoms with Gasteiger partial charge in [0.2, 0.25) is 11.8 Å². The highest BCUT2D eigenvalue weighted by Crippen LogP contribution is 2.35. The number of carbonyl (C=O) groups excluding carboxylic acids is 1. The van der Waals surface area contributed by atoms with E-state index in [1.807, 2.05) is 6.92 Å². The van der Waals surface area contributed by atoms with Gasteiger partial charge in [0.1, 0.15) is 11.3 Å². The van der Waals surface area contributed by atoms with Crippen LogP contribution in [0.2, 0.25) is 0 Å². The van der Waals surface area contributed by atoms with Gasteiger partial charge in [-0.05, 0) is 57.4 Å². The van der Waals surface area contributed by atoms with Crippen LogP contribution in [-0.4, -0.2) is 26.0 Å². The van der Waals surface area contributed by atoms with Crippen molar-refractivity contribution in [3.63, 3.8) is 0 Å². The lowest BCUT2D eigenvalue weighted by molar-refractivity contribution is -0.117. The molecule has 0 bridgehead atoms. The summed E-state index contributed by atoms with van der Waals surface area (Å²) in [6.07, 6.45) is 5.06. The van der Waals surface area contributed by atoms with Crippen LogP contribution < -0.4 is 5.32 Å². The summed E-state index contributed by atoms with van der Waals surface area (Å²) in [5, 5.41) is 14.6. The molecular weight excluding hydrogens is 399 g/mol. The third-order valence-corrected chi connectivity index (χ3v) is 5.55. The van der Waals surface area contributed by atoms with Crippen LogP contribution in [0.15, 0.2) is 35.0 Å². The molecule has 0 atom stereocenters. The lowest BCUT2D eigenvalue weighted by Gasteiger charge is -2.17. The molecule has 0 unspecified atom stereocenters. The lowest BCUT2D eigenvalue weighted by atomic mass is 9.98. The number of rotatable bonds is 4. The van der Waals surface area contributed by atoms with Gasteiger partial charge in [-0.15, -0.1) is 0 Å². The molecule has 1 amide bonds. The quantitative estimate of drug-likeness (QED) is 0.505. The van der Waals surface area contributed by atoms with E-state index in [0.717, 1.165) is 29.3 Å². The van der Waals surface area contributed by atoms with Gasteiger partial charge in [0.25, 0.3) is 0 Å². The highest BCUT2D eigenvalue weighted by atomic mass is 19.1. The van der Waals surface area contributed by atoms with Crippen LogP contribution >= 0.6 is 0 Å². The Labute approximate surface area is 177 Å². The molecule has 8 heteroatoms. The van der Waals surface area contributed by atoms with Gasteiger partial charge in [-0.3, -0.25) is 9.78 Å². The molecule has 0 saturated heterocycles. The minimum Gasteiger partial charge on any atom is -0.433 e. The number of hydrogen-bond acceptors (Lipinski definition) is 6. The van der Waals surface area contributed by atoms with Crippen LogP contribution in [0.1, 0.15) is 37.9 Å². The third-order valence-electron chi connectivity index (χ3n) is 5.55.